The Bertz CT molecular complexity index is 553. The van der Waals surface area contributed by atoms with E-state index in [4.69, 9.17) is 10.7 Å². The number of anilines is 1. The van der Waals surface area contributed by atoms with Crippen LogP contribution in [-0.4, -0.2) is 14.8 Å². The zero-order valence-electron chi connectivity index (χ0n) is 10.6. The van der Waals surface area contributed by atoms with Crippen LogP contribution in [-0.2, 0) is 7.05 Å². The van der Waals surface area contributed by atoms with Gasteiger partial charge in [0.15, 0.2) is 11.6 Å². The lowest BCUT2D eigenvalue weighted by Gasteiger charge is -2.03. The van der Waals surface area contributed by atoms with E-state index in [9.17, 15) is 0 Å². The Hall–Kier alpha value is -1.84. The van der Waals surface area contributed by atoms with E-state index in [0.717, 1.165) is 22.9 Å². The van der Waals surface area contributed by atoms with E-state index in [0.29, 0.717) is 5.92 Å². The van der Waals surface area contributed by atoms with Gasteiger partial charge in [-0.2, -0.15) is 5.10 Å². The summed E-state index contributed by atoms with van der Waals surface area (Å²) in [6, 6.07) is 7.82. The Labute approximate surface area is 107 Å². The second kappa shape index (κ2) is 4.44. The highest BCUT2D eigenvalue weighted by Crippen LogP contribution is 2.33. The van der Waals surface area contributed by atoms with Crippen LogP contribution in [0.2, 0.25) is 0 Å². The molecule has 0 radical (unpaired) electrons. The smallest absolute Gasteiger partial charge is 0.160 e. The number of rotatable bonds is 2. The zero-order chi connectivity index (χ0) is 12.5. The van der Waals surface area contributed by atoms with Crippen molar-refractivity contribution in [3.05, 3.63) is 30.1 Å². The molecule has 0 saturated heterocycles. The fraction of sp³-hybridized carbons (Fsp3) is 0.429. The van der Waals surface area contributed by atoms with Crippen molar-refractivity contribution in [3.63, 3.8) is 0 Å². The summed E-state index contributed by atoms with van der Waals surface area (Å²) in [7, 11) is 1.94. The third-order valence-corrected chi connectivity index (χ3v) is 3.70. The van der Waals surface area contributed by atoms with Crippen LogP contribution in [0.3, 0.4) is 0 Å². The maximum absolute atomic E-state index is 6.00. The van der Waals surface area contributed by atoms with Gasteiger partial charge in [0, 0.05) is 24.2 Å². The van der Waals surface area contributed by atoms with E-state index in [-0.39, 0.29) is 0 Å². The Balaban J connectivity index is 2.00. The second-order valence-electron chi connectivity index (χ2n) is 4.99. The molecule has 0 spiro atoms. The molecule has 1 aliphatic carbocycles. The summed E-state index contributed by atoms with van der Waals surface area (Å²) in [5.41, 5.74) is 7.73. The van der Waals surface area contributed by atoms with Crippen molar-refractivity contribution >= 4 is 5.69 Å². The van der Waals surface area contributed by atoms with Crippen LogP contribution in [0, 0.1) is 0 Å². The molecule has 2 N–H and O–H groups in total. The first-order valence-corrected chi connectivity index (χ1v) is 6.51. The fourth-order valence-electron chi connectivity index (χ4n) is 2.70. The molecule has 18 heavy (non-hydrogen) atoms. The average Bonchev–Trinajstić information content (AvgIpc) is 2.99. The van der Waals surface area contributed by atoms with Crippen LogP contribution in [0.1, 0.15) is 37.4 Å². The zero-order valence-corrected chi connectivity index (χ0v) is 10.6. The molecule has 0 unspecified atom stereocenters. The van der Waals surface area contributed by atoms with Crippen LogP contribution in [0.5, 0.6) is 0 Å². The maximum atomic E-state index is 6.00. The largest absolute Gasteiger partial charge is 0.398 e. The first-order valence-electron chi connectivity index (χ1n) is 6.51. The van der Waals surface area contributed by atoms with Gasteiger partial charge in [0.1, 0.15) is 0 Å². The van der Waals surface area contributed by atoms with Crippen molar-refractivity contribution in [1.29, 1.82) is 0 Å². The summed E-state index contributed by atoms with van der Waals surface area (Å²) in [5.74, 6) is 2.39. The summed E-state index contributed by atoms with van der Waals surface area (Å²) in [6.45, 7) is 0. The summed E-state index contributed by atoms with van der Waals surface area (Å²) in [4.78, 5) is 4.69. The standard InChI is InChI=1S/C14H18N4/c1-18-14(11-8-4-5-9-12(11)15)16-13(17-18)10-6-2-3-7-10/h4-5,8-10H,2-3,6-7,15H2,1H3. The van der Waals surface area contributed by atoms with Crippen molar-refractivity contribution in [2.75, 3.05) is 5.73 Å². The van der Waals surface area contributed by atoms with E-state index in [1.54, 1.807) is 0 Å². The number of para-hydroxylation sites is 1. The number of hydrogen-bond donors (Lipinski definition) is 1. The molecule has 0 atom stereocenters. The van der Waals surface area contributed by atoms with Crippen molar-refractivity contribution < 1.29 is 0 Å². The van der Waals surface area contributed by atoms with Crippen LogP contribution in [0.15, 0.2) is 24.3 Å². The summed E-state index contributed by atoms with van der Waals surface area (Å²) in [6.07, 6.45) is 5.03. The van der Waals surface area contributed by atoms with E-state index in [2.05, 4.69) is 5.10 Å². The van der Waals surface area contributed by atoms with Gasteiger partial charge >= 0.3 is 0 Å². The average molecular weight is 242 g/mol. The van der Waals surface area contributed by atoms with E-state index in [1.165, 1.54) is 25.7 Å². The fourth-order valence-corrected chi connectivity index (χ4v) is 2.70. The molecule has 1 aromatic heterocycles. The van der Waals surface area contributed by atoms with Crippen molar-refractivity contribution in [2.45, 2.75) is 31.6 Å². The molecule has 1 heterocycles. The molecule has 2 aromatic rings. The molecule has 4 heteroatoms. The first-order chi connectivity index (χ1) is 8.75. The quantitative estimate of drug-likeness (QED) is 0.824. The molecule has 1 saturated carbocycles. The first kappa shape index (κ1) is 11.3. The number of nitrogen functional groups attached to an aromatic ring is 1. The van der Waals surface area contributed by atoms with Crippen LogP contribution >= 0.6 is 0 Å². The minimum Gasteiger partial charge on any atom is -0.398 e. The number of aromatic nitrogens is 3. The van der Waals surface area contributed by atoms with Crippen molar-refractivity contribution in [1.82, 2.24) is 14.8 Å². The number of hydrogen-bond acceptors (Lipinski definition) is 3. The summed E-state index contributed by atoms with van der Waals surface area (Å²) >= 11 is 0. The third-order valence-electron chi connectivity index (χ3n) is 3.70. The van der Waals surface area contributed by atoms with Gasteiger partial charge in [-0.1, -0.05) is 25.0 Å². The van der Waals surface area contributed by atoms with E-state index >= 15 is 0 Å². The third kappa shape index (κ3) is 1.88. The number of nitrogens with zero attached hydrogens (tertiary/aromatic N) is 3. The predicted octanol–water partition coefficient (Wildman–Crippen LogP) is 2.72. The Morgan fingerprint density at radius 2 is 1.94 bits per heavy atom. The molecule has 0 aliphatic heterocycles. The molecule has 0 amide bonds. The normalized spacial score (nSPS) is 16.3. The number of aryl methyl sites for hydroxylation is 1. The highest BCUT2D eigenvalue weighted by Gasteiger charge is 2.22. The SMILES string of the molecule is Cn1nc(C2CCCC2)nc1-c1ccccc1N. The van der Waals surface area contributed by atoms with Gasteiger partial charge in [-0.25, -0.2) is 9.67 Å². The Morgan fingerprint density at radius 1 is 1.22 bits per heavy atom. The van der Waals surface area contributed by atoms with Gasteiger partial charge in [-0.05, 0) is 25.0 Å². The minimum atomic E-state index is 0.537. The molecular weight excluding hydrogens is 224 g/mol. The highest BCUT2D eigenvalue weighted by molar-refractivity contribution is 5.71. The highest BCUT2D eigenvalue weighted by atomic mass is 15.3. The predicted molar refractivity (Wildman–Crippen MR) is 72.1 cm³/mol. The van der Waals surface area contributed by atoms with Gasteiger partial charge < -0.3 is 5.73 Å². The van der Waals surface area contributed by atoms with Gasteiger partial charge in [0.05, 0.1) is 0 Å². The van der Waals surface area contributed by atoms with Crippen LogP contribution < -0.4 is 5.73 Å². The molecule has 4 nitrogen and oxygen atoms in total. The maximum Gasteiger partial charge on any atom is 0.160 e. The van der Waals surface area contributed by atoms with E-state index in [1.807, 2.05) is 36.0 Å². The molecular formula is C14H18N4. The molecule has 1 aliphatic rings. The van der Waals surface area contributed by atoms with Crippen molar-refractivity contribution in [2.24, 2.45) is 7.05 Å². The van der Waals surface area contributed by atoms with Crippen molar-refractivity contribution in [3.8, 4) is 11.4 Å². The molecule has 1 aromatic carbocycles. The summed E-state index contributed by atoms with van der Waals surface area (Å²) < 4.78 is 1.85. The summed E-state index contributed by atoms with van der Waals surface area (Å²) in [5, 5.41) is 4.56. The topological polar surface area (TPSA) is 56.7 Å². The number of benzene rings is 1. The van der Waals surface area contributed by atoms with Gasteiger partial charge in [-0.3, -0.25) is 0 Å². The number of nitrogens with two attached hydrogens (primary N) is 1. The van der Waals surface area contributed by atoms with Crippen LogP contribution in [0.25, 0.3) is 11.4 Å². The molecule has 3 rings (SSSR count). The Kier molecular flexibility index (Phi) is 2.78. The Morgan fingerprint density at radius 3 is 2.67 bits per heavy atom. The molecule has 94 valence electrons. The molecule has 1 fully saturated rings. The molecule has 0 bridgehead atoms. The lowest BCUT2D eigenvalue weighted by molar-refractivity contribution is 0.648. The van der Waals surface area contributed by atoms with Gasteiger partial charge in [0.2, 0.25) is 0 Å². The van der Waals surface area contributed by atoms with Crippen LogP contribution in [0.4, 0.5) is 5.69 Å². The second-order valence-corrected chi connectivity index (χ2v) is 4.99. The lowest BCUT2D eigenvalue weighted by Crippen LogP contribution is -1.98. The minimum absolute atomic E-state index is 0.537. The monoisotopic (exact) mass is 242 g/mol. The van der Waals surface area contributed by atoms with Gasteiger partial charge in [-0.15, -0.1) is 0 Å². The lowest BCUT2D eigenvalue weighted by atomic mass is 10.1. The van der Waals surface area contributed by atoms with E-state index < -0.39 is 0 Å². The van der Waals surface area contributed by atoms with Gasteiger partial charge in [0.25, 0.3) is 0 Å².